The van der Waals surface area contributed by atoms with Crippen LogP contribution in [0.2, 0.25) is 0 Å². The van der Waals surface area contributed by atoms with Gasteiger partial charge in [0, 0.05) is 24.9 Å². The predicted octanol–water partition coefficient (Wildman–Crippen LogP) is -0.0199. The van der Waals surface area contributed by atoms with Gasteiger partial charge < -0.3 is 10.4 Å². The average Bonchev–Trinajstić information content (AvgIpc) is 2.29. The summed E-state index contributed by atoms with van der Waals surface area (Å²) in [6.07, 6.45) is 7.49. The molecule has 60 valence electrons. The Morgan fingerprint density at radius 3 is 2.27 bits per heavy atom. The van der Waals surface area contributed by atoms with Crippen LogP contribution < -0.4 is 5.32 Å². The Morgan fingerprint density at radius 2 is 1.91 bits per heavy atom. The molecule has 1 heterocycles. The van der Waals surface area contributed by atoms with Gasteiger partial charge in [0.1, 0.15) is 5.60 Å². The lowest BCUT2D eigenvalue weighted by Crippen LogP contribution is -2.51. The molecule has 2 unspecified atom stereocenters. The zero-order valence-corrected chi connectivity index (χ0v) is 6.51. The van der Waals surface area contributed by atoms with E-state index in [1.165, 1.54) is 0 Å². The van der Waals surface area contributed by atoms with Gasteiger partial charge in [-0.05, 0) is 12.8 Å². The second-order valence-electron chi connectivity index (χ2n) is 3.60. The van der Waals surface area contributed by atoms with Gasteiger partial charge >= 0.3 is 0 Å². The maximum Gasteiger partial charge on any atom is 0.133 e. The van der Waals surface area contributed by atoms with Gasteiger partial charge in [-0.25, -0.2) is 0 Å². The number of fused-ring (bicyclic) bond motifs is 2. The smallest absolute Gasteiger partial charge is 0.133 e. The monoisotopic (exact) mass is 151 g/mol. The maximum absolute atomic E-state index is 10.0. The molecule has 0 amide bonds. The van der Waals surface area contributed by atoms with Crippen LogP contribution in [-0.2, 0) is 0 Å². The molecule has 2 bridgehead atoms. The fraction of sp³-hybridized carbons (Fsp3) is 0.778. The number of aliphatic hydroxyl groups is 1. The molecule has 1 aliphatic heterocycles. The Bertz CT molecular complexity index is 190. The van der Waals surface area contributed by atoms with Crippen molar-refractivity contribution in [2.75, 3.05) is 13.1 Å². The quantitative estimate of drug-likeness (QED) is 0.477. The van der Waals surface area contributed by atoms with Crippen molar-refractivity contribution in [3.63, 3.8) is 0 Å². The summed E-state index contributed by atoms with van der Waals surface area (Å²) in [5.74, 6) is 3.15. The Hall–Kier alpha value is -0.520. The third kappa shape index (κ3) is 0.817. The lowest BCUT2D eigenvalue weighted by molar-refractivity contribution is 0.00266. The molecule has 2 fully saturated rings. The fourth-order valence-corrected chi connectivity index (χ4v) is 2.36. The molecule has 0 aromatic heterocycles. The zero-order valence-electron chi connectivity index (χ0n) is 6.51. The second kappa shape index (κ2) is 2.23. The Morgan fingerprint density at radius 1 is 1.36 bits per heavy atom. The lowest BCUT2D eigenvalue weighted by Gasteiger charge is -2.35. The summed E-state index contributed by atoms with van der Waals surface area (Å²) in [5, 5.41) is 13.3. The van der Waals surface area contributed by atoms with Crippen LogP contribution in [0.15, 0.2) is 0 Å². The van der Waals surface area contributed by atoms with E-state index in [1.54, 1.807) is 0 Å². The highest BCUT2D eigenvalue weighted by Crippen LogP contribution is 2.41. The Kier molecular flexibility index (Phi) is 1.45. The number of piperidine rings is 1. The highest BCUT2D eigenvalue weighted by molar-refractivity contribution is 5.19. The highest BCUT2D eigenvalue weighted by Gasteiger charge is 2.49. The number of hydrogen-bond acceptors (Lipinski definition) is 2. The molecule has 0 radical (unpaired) electrons. The van der Waals surface area contributed by atoms with Gasteiger partial charge in [-0.1, -0.05) is 5.92 Å². The van der Waals surface area contributed by atoms with Gasteiger partial charge in [-0.15, -0.1) is 6.42 Å². The maximum atomic E-state index is 10.0. The second-order valence-corrected chi connectivity index (χ2v) is 3.60. The van der Waals surface area contributed by atoms with E-state index in [2.05, 4.69) is 11.2 Å². The van der Waals surface area contributed by atoms with Gasteiger partial charge in [0.2, 0.25) is 0 Å². The van der Waals surface area contributed by atoms with Crippen LogP contribution in [-0.4, -0.2) is 23.8 Å². The van der Waals surface area contributed by atoms with Crippen LogP contribution in [0, 0.1) is 24.2 Å². The molecule has 1 saturated carbocycles. The Balaban J connectivity index is 2.29. The van der Waals surface area contributed by atoms with E-state index < -0.39 is 5.60 Å². The van der Waals surface area contributed by atoms with E-state index in [4.69, 9.17) is 6.42 Å². The molecule has 0 aromatic rings. The first kappa shape index (κ1) is 7.15. The van der Waals surface area contributed by atoms with Gasteiger partial charge in [-0.3, -0.25) is 0 Å². The van der Waals surface area contributed by atoms with Crippen LogP contribution >= 0.6 is 0 Å². The van der Waals surface area contributed by atoms with Gasteiger partial charge in [0.25, 0.3) is 0 Å². The molecule has 2 heteroatoms. The van der Waals surface area contributed by atoms with Crippen LogP contribution in [0.3, 0.4) is 0 Å². The molecular weight excluding hydrogens is 138 g/mol. The van der Waals surface area contributed by atoms with E-state index >= 15 is 0 Å². The largest absolute Gasteiger partial charge is 0.377 e. The van der Waals surface area contributed by atoms with Gasteiger partial charge in [0.15, 0.2) is 0 Å². The molecule has 1 aliphatic carbocycles. The minimum absolute atomic E-state index is 0.297. The molecule has 2 atom stereocenters. The topological polar surface area (TPSA) is 32.3 Å². The summed E-state index contributed by atoms with van der Waals surface area (Å²) in [6, 6.07) is 0. The molecule has 2 rings (SSSR count). The van der Waals surface area contributed by atoms with E-state index in [-0.39, 0.29) is 0 Å². The minimum Gasteiger partial charge on any atom is -0.377 e. The van der Waals surface area contributed by atoms with Crippen molar-refractivity contribution in [3.05, 3.63) is 0 Å². The molecule has 2 N–H and O–H groups in total. The van der Waals surface area contributed by atoms with E-state index in [1.807, 2.05) is 0 Å². The van der Waals surface area contributed by atoms with Crippen LogP contribution in [0.25, 0.3) is 0 Å². The highest BCUT2D eigenvalue weighted by atomic mass is 16.3. The normalized spacial score (nSPS) is 48.7. The van der Waals surface area contributed by atoms with Crippen molar-refractivity contribution >= 4 is 0 Å². The summed E-state index contributed by atoms with van der Waals surface area (Å²) < 4.78 is 0. The SMILES string of the molecule is C#CC1(O)C2CCC1CNC2. The molecule has 11 heavy (non-hydrogen) atoms. The van der Waals surface area contributed by atoms with E-state index in [0.29, 0.717) is 11.8 Å². The van der Waals surface area contributed by atoms with E-state index in [9.17, 15) is 5.11 Å². The van der Waals surface area contributed by atoms with Crippen molar-refractivity contribution in [1.29, 1.82) is 0 Å². The van der Waals surface area contributed by atoms with Crippen LogP contribution in [0.5, 0.6) is 0 Å². The molecular formula is C9H13NO. The minimum atomic E-state index is -0.786. The van der Waals surface area contributed by atoms with Gasteiger partial charge in [0.05, 0.1) is 0 Å². The molecule has 2 aliphatic rings. The van der Waals surface area contributed by atoms with Crippen molar-refractivity contribution < 1.29 is 5.11 Å². The number of hydrogen-bond donors (Lipinski definition) is 2. The fourth-order valence-electron chi connectivity index (χ4n) is 2.36. The van der Waals surface area contributed by atoms with Crippen LogP contribution in [0.1, 0.15) is 12.8 Å². The lowest BCUT2D eigenvalue weighted by atomic mass is 9.82. The summed E-state index contributed by atoms with van der Waals surface area (Å²) in [6.45, 7) is 1.77. The third-order valence-corrected chi connectivity index (χ3v) is 3.12. The number of terminal acetylenes is 1. The van der Waals surface area contributed by atoms with Crippen LogP contribution in [0.4, 0.5) is 0 Å². The summed E-state index contributed by atoms with van der Waals surface area (Å²) in [4.78, 5) is 0. The van der Waals surface area contributed by atoms with Crippen molar-refractivity contribution in [3.8, 4) is 12.3 Å². The number of rotatable bonds is 0. The predicted molar refractivity (Wildman–Crippen MR) is 42.9 cm³/mol. The third-order valence-electron chi connectivity index (χ3n) is 3.12. The molecule has 2 nitrogen and oxygen atoms in total. The summed E-state index contributed by atoms with van der Waals surface area (Å²) in [7, 11) is 0. The number of nitrogens with one attached hydrogen (secondary N) is 1. The standard InChI is InChI=1S/C9H13NO/c1-2-9(11)7-3-4-8(9)6-10-5-7/h1,7-8,10-11H,3-6H2. The first-order valence-electron chi connectivity index (χ1n) is 4.18. The Labute approximate surface area is 67.0 Å². The molecule has 0 spiro atoms. The average molecular weight is 151 g/mol. The van der Waals surface area contributed by atoms with Crippen molar-refractivity contribution in [1.82, 2.24) is 5.32 Å². The first-order chi connectivity index (χ1) is 5.27. The zero-order chi connectivity index (χ0) is 7.90. The molecule has 1 saturated heterocycles. The summed E-state index contributed by atoms with van der Waals surface area (Å²) in [5.41, 5.74) is -0.786. The van der Waals surface area contributed by atoms with Gasteiger partial charge in [-0.2, -0.15) is 0 Å². The summed E-state index contributed by atoms with van der Waals surface area (Å²) >= 11 is 0. The van der Waals surface area contributed by atoms with Crippen molar-refractivity contribution in [2.45, 2.75) is 18.4 Å². The van der Waals surface area contributed by atoms with Crippen molar-refractivity contribution in [2.24, 2.45) is 11.8 Å². The van der Waals surface area contributed by atoms with E-state index in [0.717, 1.165) is 25.9 Å². The molecule has 0 aromatic carbocycles. The first-order valence-corrected chi connectivity index (χ1v) is 4.18.